The second kappa shape index (κ2) is 7.98. The molecule has 0 fully saturated rings. The van der Waals surface area contributed by atoms with Crippen molar-refractivity contribution in [3.05, 3.63) is 94.0 Å². The van der Waals surface area contributed by atoms with Crippen LogP contribution >= 0.6 is 0 Å². The number of hydrogen-bond acceptors (Lipinski definition) is 6. The summed E-state index contributed by atoms with van der Waals surface area (Å²) in [7, 11) is 3.09. The monoisotopic (exact) mass is 440 g/mol. The largest absolute Gasteiger partial charge is 0.493 e. The first-order valence-electron chi connectivity index (χ1n) is 10.3. The molecule has 0 bridgehead atoms. The smallest absolute Gasteiger partial charge is 0.228 e. The molecule has 0 aliphatic rings. The molecule has 0 unspecified atom stereocenters. The number of methoxy groups -OCH3 is 2. The molecule has 5 rings (SSSR count). The van der Waals surface area contributed by atoms with Gasteiger partial charge in [0.05, 0.1) is 25.2 Å². The number of furan rings is 1. The Bertz CT molecular complexity index is 1570. The van der Waals surface area contributed by atoms with Crippen LogP contribution in [0, 0.1) is 6.92 Å². The van der Waals surface area contributed by atoms with Gasteiger partial charge in [0.25, 0.3) is 0 Å². The van der Waals surface area contributed by atoms with Crippen LogP contribution in [0.1, 0.15) is 21.7 Å². The van der Waals surface area contributed by atoms with Crippen molar-refractivity contribution in [2.45, 2.75) is 6.92 Å². The summed E-state index contributed by atoms with van der Waals surface area (Å²) < 4.78 is 22.3. The number of benzene rings is 3. The zero-order valence-electron chi connectivity index (χ0n) is 18.3. The van der Waals surface area contributed by atoms with Gasteiger partial charge in [0.2, 0.25) is 11.2 Å². The van der Waals surface area contributed by atoms with E-state index in [1.165, 1.54) is 13.4 Å². The summed E-state index contributed by atoms with van der Waals surface area (Å²) in [4.78, 5) is 26.3. The number of ketones is 1. The Balaban J connectivity index is 1.66. The Hall–Kier alpha value is -4.32. The fourth-order valence-electron chi connectivity index (χ4n) is 3.98. The minimum Gasteiger partial charge on any atom is -0.493 e. The van der Waals surface area contributed by atoms with Crippen molar-refractivity contribution in [2.24, 2.45) is 0 Å². The van der Waals surface area contributed by atoms with E-state index in [1.54, 1.807) is 61.7 Å². The fraction of sp³-hybridized carbons (Fsp3) is 0.111. The van der Waals surface area contributed by atoms with Crippen molar-refractivity contribution in [3.8, 4) is 22.6 Å². The van der Waals surface area contributed by atoms with Crippen molar-refractivity contribution >= 4 is 27.7 Å². The Kier molecular flexibility index (Phi) is 4.98. The minimum absolute atomic E-state index is 0.193. The summed E-state index contributed by atoms with van der Waals surface area (Å²) in [5.74, 6) is 1.12. The van der Waals surface area contributed by atoms with Crippen molar-refractivity contribution in [3.63, 3.8) is 0 Å². The summed E-state index contributed by atoms with van der Waals surface area (Å²) in [5.41, 5.74) is 2.93. The minimum atomic E-state index is -0.210. The number of fused-ring (bicyclic) bond motifs is 2. The van der Waals surface area contributed by atoms with Crippen LogP contribution in [0.2, 0.25) is 0 Å². The zero-order chi connectivity index (χ0) is 23.1. The van der Waals surface area contributed by atoms with Crippen molar-refractivity contribution in [1.82, 2.24) is 0 Å². The van der Waals surface area contributed by atoms with Crippen molar-refractivity contribution in [1.29, 1.82) is 0 Å². The molecular formula is C27H20O6. The van der Waals surface area contributed by atoms with Gasteiger partial charge < -0.3 is 18.3 Å². The molecule has 0 aliphatic carbocycles. The van der Waals surface area contributed by atoms with Gasteiger partial charge in [-0.3, -0.25) is 9.59 Å². The molecule has 0 saturated heterocycles. The maximum Gasteiger partial charge on any atom is 0.228 e. The standard InChI is InChI=1S/C27H20O6/c1-15-18-12-19-22(13-23(18)33-27(15)25(28)16-7-5-4-6-8-16)32-14-20(26(19)29)17-9-10-21(30-2)24(11-17)31-3/h4-14H,1-3H3. The molecule has 0 N–H and O–H groups in total. The lowest BCUT2D eigenvalue weighted by Crippen LogP contribution is -2.05. The van der Waals surface area contributed by atoms with Crippen LogP contribution < -0.4 is 14.9 Å². The molecule has 164 valence electrons. The zero-order valence-corrected chi connectivity index (χ0v) is 18.3. The van der Waals surface area contributed by atoms with Crippen molar-refractivity contribution < 1.29 is 23.1 Å². The molecule has 6 nitrogen and oxygen atoms in total. The first-order valence-corrected chi connectivity index (χ1v) is 10.3. The summed E-state index contributed by atoms with van der Waals surface area (Å²) in [5, 5.41) is 1.09. The molecular weight excluding hydrogens is 420 g/mol. The van der Waals surface area contributed by atoms with Gasteiger partial charge in [0, 0.05) is 22.6 Å². The van der Waals surface area contributed by atoms with Crippen LogP contribution in [0.4, 0.5) is 0 Å². The molecule has 0 atom stereocenters. The lowest BCUT2D eigenvalue weighted by atomic mass is 10.0. The first-order chi connectivity index (χ1) is 16.0. The quantitative estimate of drug-likeness (QED) is 0.323. The molecule has 3 aromatic carbocycles. The molecule has 0 spiro atoms. The lowest BCUT2D eigenvalue weighted by Gasteiger charge is -2.09. The highest BCUT2D eigenvalue weighted by molar-refractivity contribution is 6.11. The summed E-state index contributed by atoms with van der Waals surface area (Å²) >= 11 is 0. The third kappa shape index (κ3) is 3.36. The van der Waals surface area contributed by atoms with Gasteiger partial charge in [0.15, 0.2) is 17.3 Å². The second-order valence-electron chi connectivity index (χ2n) is 7.64. The number of carbonyl (C=O) groups is 1. The number of aryl methyl sites for hydroxylation is 1. The van der Waals surface area contributed by atoms with Gasteiger partial charge in [-0.05, 0) is 30.7 Å². The van der Waals surface area contributed by atoms with Crippen LogP contribution in [0.25, 0.3) is 33.1 Å². The van der Waals surface area contributed by atoms with Gasteiger partial charge in [-0.2, -0.15) is 0 Å². The molecule has 6 heteroatoms. The average molecular weight is 440 g/mol. The molecule has 33 heavy (non-hydrogen) atoms. The number of hydrogen-bond donors (Lipinski definition) is 0. The summed E-state index contributed by atoms with van der Waals surface area (Å²) in [6.07, 6.45) is 1.42. The van der Waals surface area contributed by atoms with Crippen LogP contribution in [0.15, 0.2) is 80.6 Å². The molecule has 0 radical (unpaired) electrons. The van der Waals surface area contributed by atoms with Crippen LogP contribution in [0.5, 0.6) is 11.5 Å². The maximum atomic E-state index is 13.4. The van der Waals surface area contributed by atoms with E-state index in [4.69, 9.17) is 18.3 Å². The number of ether oxygens (including phenoxy) is 2. The lowest BCUT2D eigenvalue weighted by molar-refractivity contribution is 0.101. The Morgan fingerprint density at radius 2 is 1.61 bits per heavy atom. The fourth-order valence-corrected chi connectivity index (χ4v) is 3.98. The third-order valence-electron chi connectivity index (χ3n) is 5.77. The van der Waals surface area contributed by atoms with E-state index in [1.807, 2.05) is 13.0 Å². The highest BCUT2D eigenvalue weighted by atomic mass is 16.5. The van der Waals surface area contributed by atoms with Gasteiger partial charge in [-0.15, -0.1) is 0 Å². The Morgan fingerprint density at radius 1 is 0.848 bits per heavy atom. The maximum absolute atomic E-state index is 13.4. The van der Waals surface area contributed by atoms with E-state index < -0.39 is 0 Å². The normalized spacial score (nSPS) is 11.1. The predicted molar refractivity (Wildman–Crippen MR) is 125 cm³/mol. The van der Waals surface area contributed by atoms with E-state index in [2.05, 4.69) is 0 Å². The molecule has 2 heterocycles. The summed E-state index contributed by atoms with van der Waals surface area (Å²) in [6, 6.07) is 17.6. The highest BCUT2D eigenvalue weighted by Crippen LogP contribution is 2.34. The molecule has 5 aromatic rings. The van der Waals surface area contributed by atoms with E-state index in [-0.39, 0.29) is 17.0 Å². The first kappa shape index (κ1) is 20.6. The Morgan fingerprint density at radius 3 is 2.33 bits per heavy atom. The van der Waals surface area contributed by atoms with Crippen LogP contribution in [-0.4, -0.2) is 20.0 Å². The van der Waals surface area contributed by atoms with E-state index >= 15 is 0 Å². The van der Waals surface area contributed by atoms with Gasteiger partial charge >= 0.3 is 0 Å². The Labute approximate surface area is 189 Å². The van der Waals surface area contributed by atoms with Crippen molar-refractivity contribution in [2.75, 3.05) is 14.2 Å². The van der Waals surface area contributed by atoms with E-state index in [0.29, 0.717) is 55.7 Å². The highest BCUT2D eigenvalue weighted by Gasteiger charge is 2.21. The summed E-state index contributed by atoms with van der Waals surface area (Å²) in [6.45, 7) is 1.81. The number of rotatable bonds is 5. The molecule has 0 aliphatic heterocycles. The molecule has 0 saturated carbocycles. The van der Waals surface area contributed by atoms with Gasteiger partial charge in [-0.1, -0.05) is 36.4 Å². The topological polar surface area (TPSA) is 78.9 Å². The second-order valence-corrected chi connectivity index (χ2v) is 7.64. The van der Waals surface area contributed by atoms with Crippen LogP contribution in [0.3, 0.4) is 0 Å². The number of carbonyl (C=O) groups excluding carboxylic acids is 1. The third-order valence-corrected chi connectivity index (χ3v) is 5.77. The predicted octanol–water partition coefficient (Wildman–Crippen LogP) is 5.76. The van der Waals surface area contributed by atoms with E-state index in [0.717, 1.165) is 0 Å². The van der Waals surface area contributed by atoms with E-state index in [9.17, 15) is 9.59 Å². The SMILES string of the molecule is COc1ccc(-c2coc3cc4oc(C(=O)c5ccccc5)c(C)c4cc3c2=O)cc1OC. The average Bonchev–Trinajstić information content (AvgIpc) is 3.18. The molecule has 2 aromatic heterocycles. The van der Waals surface area contributed by atoms with Crippen LogP contribution in [-0.2, 0) is 0 Å². The van der Waals surface area contributed by atoms with Gasteiger partial charge in [-0.25, -0.2) is 0 Å². The molecule has 0 amide bonds. The van der Waals surface area contributed by atoms with Gasteiger partial charge in [0.1, 0.15) is 17.4 Å².